The molecule has 0 amide bonds. The summed E-state index contributed by atoms with van der Waals surface area (Å²) in [6, 6.07) is 9.29. The third kappa shape index (κ3) is 2.67. The Labute approximate surface area is 120 Å². The van der Waals surface area contributed by atoms with Crippen LogP contribution in [0.25, 0.3) is 10.8 Å². The van der Waals surface area contributed by atoms with Crippen molar-refractivity contribution in [3.8, 4) is 0 Å². The molecule has 0 aliphatic carbocycles. The van der Waals surface area contributed by atoms with Crippen LogP contribution in [0.4, 0.5) is 0 Å². The van der Waals surface area contributed by atoms with Crippen LogP contribution >= 0.6 is 11.8 Å². The molecule has 0 atom stereocenters. The molecule has 0 radical (unpaired) electrons. The molecule has 20 heavy (non-hydrogen) atoms. The number of rotatable bonds is 4. The first-order valence-electron chi connectivity index (χ1n) is 6.10. The molecule has 1 aromatic carbocycles. The number of carbonyl (C=O) groups is 1. The number of hydrogen-bond acceptors (Lipinski definition) is 5. The highest BCUT2D eigenvalue weighted by atomic mass is 32.2. The maximum Gasteiger partial charge on any atom is 0.173 e. The van der Waals surface area contributed by atoms with Crippen molar-refractivity contribution in [2.75, 3.05) is 5.75 Å². The predicted octanol–water partition coefficient (Wildman–Crippen LogP) is 3.00. The van der Waals surface area contributed by atoms with Gasteiger partial charge in [-0.3, -0.25) is 9.78 Å². The van der Waals surface area contributed by atoms with Crippen LogP contribution < -0.4 is 0 Å². The van der Waals surface area contributed by atoms with Crippen molar-refractivity contribution in [1.29, 1.82) is 0 Å². The van der Waals surface area contributed by atoms with Crippen LogP contribution in [0.2, 0.25) is 0 Å². The predicted molar refractivity (Wildman–Crippen MR) is 78.8 cm³/mol. The third-order valence-corrected chi connectivity index (χ3v) is 3.93. The molecule has 0 saturated carbocycles. The Bertz CT molecular complexity index is 741. The number of hydrogen-bond donors (Lipinski definition) is 0. The van der Waals surface area contributed by atoms with Crippen LogP contribution in [0, 0.1) is 0 Å². The fourth-order valence-electron chi connectivity index (χ4n) is 1.86. The molecule has 0 aliphatic rings. The van der Waals surface area contributed by atoms with Gasteiger partial charge in [-0.05, 0) is 0 Å². The van der Waals surface area contributed by atoms with E-state index in [0.717, 1.165) is 21.2 Å². The number of fused-ring (bicyclic) bond motifs is 1. The topological polar surface area (TPSA) is 55.7 Å². The van der Waals surface area contributed by atoms with E-state index in [1.165, 1.54) is 11.8 Å². The summed E-state index contributed by atoms with van der Waals surface area (Å²) in [6.07, 6.45) is 6.87. The summed E-state index contributed by atoms with van der Waals surface area (Å²) >= 11 is 1.47. The zero-order chi connectivity index (χ0) is 13.8. The van der Waals surface area contributed by atoms with E-state index in [0.29, 0.717) is 5.75 Å². The minimum absolute atomic E-state index is 0.106. The van der Waals surface area contributed by atoms with Crippen LogP contribution in [0.15, 0.2) is 60.0 Å². The maximum atomic E-state index is 12.1. The number of aromatic nitrogens is 3. The zero-order valence-corrected chi connectivity index (χ0v) is 11.4. The molecule has 0 fully saturated rings. The summed E-state index contributed by atoms with van der Waals surface area (Å²) in [5.41, 5.74) is 0.730. The molecule has 98 valence electrons. The van der Waals surface area contributed by atoms with Crippen LogP contribution in [0.5, 0.6) is 0 Å². The molecule has 3 rings (SSSR count). The van der Waals surface area contributed by atoms with Gasteiger partial charge < -0.3 is 0 Å². The molecule has 4 nitrogen and oxygen atoms in total. The summed E-state index contributed by atoms with van der Waals surface area (Å²) in [7, 11) is 0. The highest BCUT2D eigenvalue weighted by Gasteiger charge is 2.08. The second kappa shape index (κ2) is 5.79. The first-order valence-corrected chi connectivity index (χ1v) is 7.08. The molecule has 0 spiro atoms. The molecule has 5 heteroatoms. The maximum absolute atomic E-state index is 12.1. The van der Waals surface area contributed by atoms with E-state index >= 15 is 0 Å². The molecule has 0 bridgehead atoms. The number of ketones is 1. The third-order valence-electron chi connectivity index (χ3n) is 2.89. The molecule has 0 unspecified atom stereocenters. The van der Waals surface area contributed by atoms with Crippen molar-refractivity contribution in [2.24, 2.45) is 0 Å². The van der Waals surface area contributed by atoms with Crippen molar-refractivity contribution in [1.82, 2.24) is 15.2 Å². The number of thioether (sulfide) groups is 1. The fourth-order valence-corrected chi connectivity index (χ4v) is 2.77. The Morgan fingerprint density at radius 1 is 1.00 bits per heavy atom. The molecule has 0 saturated heterocycles. The molecule has 0 N–H and O–H groups in total. The monoisotopic (exact) mass is 281 g/mol. The average Bonchev–Trinajstić information content (AvgIpc) is 2.53. The minimum Gasteiger partial charge on any atom is -0.293 e. The van der Waals surface area contributed by atoms with Gasteiger partial charge in [0.2, 0.25) is 0 Å². The smallest absolute Gasteiger partial charge is 0.173 e. The van der Waals surface area contributed by atoms with Crippen LogP contribution in [0.3, 0.4) is 0 Å². The molecular formula is C15H11N3OS. The van der Waals surface area contributed by atoms with E-state index in [-0.39, 0.29) is 5.78 Å². The van der Waals surface area contributed by atoms with Crippen molar-refractivity contribution in [3.05, 3.63) is 60.7 Å². The molecule has 2 aromatic heterocycles. The highest BCUT2D eigenvalue weighted by molar-refractivity contribution is 8.00. The van der Waals surface area contributed by atoms with E-state index in [1.807, 2.05) is 30.3 Å². The van der Waals surface area contributed by atoms with Gasteiger partial charge in [-0.2, -0.15) is 10.2 Å². The standard InChI is InChI=1S/C15H11N3OS/c19-14(11-4-2-1-3-5-11)10-20-15-9-16-6-12-7-17-18-8-13(12)15/h1-9H,10H2. The minimum atomic E-state index is 0.106. The summed E-state index contributed by atoms with van der Waals surface area (Å²) in [6.45, 7) is 0. The second-order valence-corrected chi connectivity index (χ2v) is 5.22. The van der Waals surface area contributed by atoms with E-state index < -0.39 is 0 Å². The second-order valence-electron chi connectivity index (χ2n) is 4.21. The van der Waals surface area contributed by atoms with Crippen molar-refractivity contribution in [2.45, 2.75) is 4.90 Å². The summed E-state index contributed by atoms with van der Waals surface area (Å²) in [5.74, 6) is 0.488. The van der Waals surface area contributed by atoms with E-state index in [1.54, 1.807) is 24.8 Å². The lowest BCUT2D eigenvalue weighted by molar-refractivity contribution is 0.102. The summed E-state index contributed by atoms with van der Waals surface area (Å²) in [5, 5.41) is 9.61. The SMILES string of the molecule is O=C(CSc1cncc2cnncc12)c1ccccc1. The van der Waals surface area contributed by atoms with Crippen molar-refractivity contribution < 1.29 is 4.79 Å². The molecule has 2 heterocycles. The average molecular weight is 281 g/mol. The number of Topliss-reactive ketones (excluding diaryl/α,β-unsaturated/α-hetero) is 1. The van der Waals surface area contributed by atoms with E-state index in [2.05, 4.69) is 15.2 Å². The van der Waals surface area contributed by atoms with Crippen LogP contribution in [0.1, 0.15) is 10.4 Å². The first kappa shape index (κ1) is 12.7. The number of pyridine rings is 1. The lowest BCUT2D eigenvalue weighted by Gasteiger charge is -2.04. The number of benzene rings is 1. The first-order chi connectivity index (χ1) is 9.84. The quantitative estimate of drug-likeness (QED) is 0.543. The Balaban J connectivity index is 1.79. The van der Waals surface area contributed by atoms with Gasteiger partial charge in [-0.15, -0.1) is 11.8 Å². The normalized spacial score (nSPS) is 10.6. The lowest BCUT2D eigenvalue weighted by Crippen LogP contribution is -2.01. The Morgan fingerprint density at radius 3 is 2.65 bits per heavy atom. The fraction of sp³-hybridized carbons (Fsp3) is 0.0667. The van der Waals surface area contributed by atoms with Gasteiger partial charge in [0.15, 0.2) is 5.78 Å². The van der Waals surface area contributed by atoms with Crippen LogP contribution in [-0.2, 0) is 0 Å². The van der Waals surface area contributed by atoms with Gasteiger partial charge in [0.1, 0.15) is 0 Å². The van der Waals surface area contributed by atoms with Gasteiger partial charge in [0, 0.05) is 33.6 Å². The molecule has 0 aliphatic heterocycles. The van der Waals surface area contributed by atoms with Gasteiger partial charge in [0.05, 0.1) is 18.1 Å². The molecule has 3 aromatic rings. The van der Waals surface area contributed by atoms with Crippen molar-refractivity contribution in [3.63, 3.8) is 0 Å². The molecular weight excluding hydrogens is 270 g/mol. The van der Waals surface area contributed by atoms with Gasteiger partial charge >= 0.3 is 0 Å². The van der Waals surface area contributed by atoms with Crippen LogP contribution in [-0.4, -0.2) is 26.7 Å². The largest absolute Gasteiger partial charge is 0.293 e. The van der Waals surface area contributed by atoms with Gasteiger partial charge in [0.25, 0.3) is 0 Å². The van der Waals surface area contributed by atoms with E-state index in [4.69, 9.17) is 0 Å². The summed E-state index contributed by atoms with van der Waals surface area (Å²) in [4.78, 5) is 17.2. The Kier molecular flexibility index (Phi) is 3.69. The van der Waals surface area contributed by atoms with Gasteiger partial charge in [-0.25, -0.2) is 0 Å². The van der Waals surface area contributed by atoms with E-state index in [9.17, 15) is 4.79 Å². The Morgan fingerprint density at radius 2 is 1.80 bits per heavy atom. The zero-order valence-electron chi connectivity index (χ0n) is 10.6. The number of nitrogens with zero attached hydrogens (tertiary/aromatic N) is 3. The highest BCUT2D eigenvalue weighted by Crippen LogP contribution is 2.26. The van der Waals surface area contributed by atoms with Crippen molar-refractivity contribution >= 4 is 28.3 Å². The number of carbonyl (C=O) groups excluding carboxylic acids is 1. The van der Waals surface area contributed by atoms with Gasteiger partial charge in [-0.1, -0.05) is 30.3 Å². The lowest BCUT2D eigenvalue weighted by atomic mass is 10.2. The Hall–Kier alpha value is -2.27. The summed E-state index contributed by atoms with van der Waals surface area (Å²) < 4.78 is 0.